The van der Waals surface area contributed by atoms with E-state index in [0.29, 0.717) is 26.0 Å². The predicted octanol–water partition coefficient (Wildman–Crippen LogP) is 2.23. The second-order valence-electron chi connectivity index (χ2n) is 10.5. The van der Waals surface area contributed by atoms with Crippen LogP contribution in [0.5, 0.6) is 0 Å². The van der Waals surface area contributed by atoms with E-state index in [1.54, 1.807) is 24.1 Å². The number of amides is 2. The summed E-state index contributed by atoms with van der Waals surface area (Å²) in [6.07, 6.45) is 2.90. The van der Waals surface area contributed by atoms with Crippen LogP contribution in [0, 0.1) is 5.82 Å². The third-order valence-corrected chi connectivity index (χ3v) is 7.32. The van der Waals surface area contributed by atoms with E-state index in [0.717, 1.165) is 18.4 Å². The van der Waals surface area contributed by atoms with Gasteiger partial charge in [-0.05, 0) is 77.5 Å². The Bertz CT molecular complexity index is 866. The summed E-state index contributed by atoms with van der Waals surface area (Å²) in [6, 6.07) is 4.51. The first-order valence-corrected chi connectivity index (χ1v) is 12.4. The van der Waals surface area contributed by atoms with Gasteiger partial charge < -0.3 is 30.0 Å². The molecule has 35 heavy (non-hydrogen) atoms. The lowest BCUT2D eigenvalue weighted by Gasteiger charge is -2.32. The molecule has 0 spiro atoms. The zero-order valence-corrected chi connectivity index (χ0v) is 21.5. The van der Waals surface area contributed by atoms with Crippen molar-refractivity contribution < 1.29 is 28.0 Å². The number of halogens is 1. The molecule has 10 heteroatoms. The van der Waals surface area contributed by atoms with Crippen molar-refractivity contribution in [2.24, 2.45) is 5.73 Å². The fourth-order valence-corrected chi connectivity index (χ4v) is 4.53. The highest BCUT2D eigenvalue weighted by molar-refractivity contribution is 6.48. The van der Waals surface area contributed by atoms with E-state index in [2.05, 4.69) is 5.32 Å². The summed E-state index contributed by atoms with van der Waals surface area (Å²) in [6.45, 7) is 8.92. The average Bonchev–Trinajstić information content (AvgIpc) is 3.36. The summed E-state index contributed by atoms with van der Waals surface area (Å²) in [5, 5.41) is 3.09. The quantitative estimate of drug-likeness (QED) is 0.385. The number of hydrogen-bond acceptors (Lipinski definition) is 6. The summed E-state index contributed by atoms with van der Waals surface area (Å²) < 4.78 is 30.8. The van der Waals surface area contributed by atoms with E-state index in [9.17, 15) is 14.0 Å². The smallest absolute Gasteiger partial charge is 0.402 e. The Balaban J connectivity index is 1.66. The van der Waals surface area contributed by atoms with Gasteiger partial charge in [-0.3, -0.25) is 9.59 Å². The second kappa shape index (κ2) is 11.4. The molecule has 0 aromatic heterocycles. The first-order chi connectivity index (χ1) is 16.4. The molecule has 0 saturated carbocycles. The van der Waals surface area contributed by atoms with Gasteiger partial charge in [-0.2, -0.15) is 0 Å². The summed E-state index contributed by atoms with van der Waals surface area (Å²) >= 11 is 0. The van der Waals surface area contributed by atoms with Crippen molar-refractivity contribution in [1.29, 1.82) is 0 Å². The van der Waals surface area contributed by atoms with Gasteiger partial charge in [0.25, 0.3) is 0 Å². The van der Waals surface area contributed by atoms with Gasteiger partial charge in [-0.15, -0.1) is 0 Å². The van der Waals surface area contributed by atoms with Crippen LogP contribution in [0.25, 0.3) is 0 Å². The number of rotatable bonds is 10. The highest BCUT2D eigenvalue weighted by Crippen LogP contribution is 2.38. The van der Waals surface area contributed by atoms with Crippen LogP contribution in [0.1, 0.15) is 58.9 Å². The average molecular weight is 491 g/mol. The number of carbonyl (C=O) groups excluding carboxylic acids is 2. The third kappa shape index (κ3) is 6.61. The number of nitrogens with zero attached hydrogens (tertiary/aromatic N) is 1. The van der Waals surface area contributed by atoms with Crippen molar-refractivity contribution in [1.82, 2.24) is 10.2 Å². The van der Waals surface area contributed by atoms with E-state index in [-0.39, 0.29) is 30.0 Å². The normalized spacial score (nSPS) is 22.8. The first kappa shape index (κ1) is 27.6. The molecule has 0 aliphatic carbocycles. The van der Waals surface area contributed by atoms with Crippen LogP contribution in [0.4, 0.5) is 4.39 Å². The Morgan fingerprint density at radius 2 is 1.86 bits per heavy atom. The van der Waals surface area contributed by atoms with Crippen LogP contribution in [-0.4, -0.2) is 73.3 Å². The van der Waals surface area contributed by atoms with Crippen molar-refractivity contribution in [3.05, 3.63) is 35.6 Å². The van der Waals surface area contributed by atoms with Crippen LogP contribution in [-0.2, 0) is 30.1 Å². The Hall–Kier alpha value is -2.01. The number of hydrogen-bond donors (Lipinski definition) is 2. The van der Waals surface area contributed by atoms with Gasteiger partial charge in [0.05, 0.1) is 23.2 Å². The number of nitrogens with one attached hydrogen (secondary N) is 1. The van der Waals surface area contributed by atoms with Crippen LogP contribution in [0.2, 0.25) is 0 Å². The zero-order valence-electron chi connectivity index (χ0n) is 21.5. The minimum Gasteiger partial charge on any atom is -0.402 e. The number of ether oxygens (including phenoxy) is 1. The lowest BCUT2D eigenvalue weighted by Crippen LogP contribution is -2.56. The van der Waals surface area contributed by atoms with Crippen molar-refractivity contribution in [3.63, 3.8) is 0 Å². The van der Waals surface area contributed by atoms with E-state index >= 15 is 0 Å². The number of methoxy groups -OCH3 is 1. The number of nitrogens with two attached hydrogens (primary N) is 1. The highest BCUT2D eigenvalue weighted by Gasteiger charge is 2.54. The Morgan fingerprint density at radius 1 is 1.23 bits per heavy atom. The summed E-state index contributed by atoms with van der Waals surface area (Å²) in [5.41, 5.74) is 5.92. The van der Waals surface area contributed by atoms with Gasteiger partial charge in [0.2, 0.25) is 11.8 Å². The van der Waals surface area contributed by atoms with Gasteiger partial charge in [0.1, 0.15) is 11.9 Å². The maximum absolute atomic E-state index is 13.4. The fourth-order valence-electron chi connectivity index (χ4n) is 4.53. The molecule has 1 aromatic rings. The molecule has 3 rings (SSSR count). The maximum atomic E-state index is 13.4. The minimum atomic E-state index is -0.811. The molecule has 0 bridgehead atoms. The maximum Gasteiger partial charge on any atom is 0.481 e. The van der Waals surface area contributed by atoms with Crippen molar-refractivity contribution >= 4 is 18.9 Å². The summed E-state index contributed by atoms with van der Waals surface area (Å²) in [4.78, 5) is 28.1. The molecular formula is C25H39BFN3O5. The first-order valence-electron chi connectivity index (χ1n) is 12.4. The van der Waals surface area contributed by atoms with Crippen LogP contribution >= 0.6 is 0 Å². The number of carbonyl (C=O) groups is 2. The minimum absolute atomic E-state index is 0.234. The standard InChI is InChI=1S/C25H39BFN3O5/c1-24(2)25(3,4)35-26(34-24)21(9-7-15-33-5)29-22(31)20-8-6-14-30(20)23(32)19(28)16-17-10-12-18(27)13-11-17/h10-13,19-21H,6-9,14-16,28H2,1-5H3,(H,29,31)/t19-,20?,21?/m1/s1. The molecule has 2 aliphatic heterocycles. The molecule has 1 aromatic carbocycles. The van der Waals surface area contributed by atoms with E-state index in [4.69, 9.17) is 19.8 Å². The third-order valence-electron chi connectivity index (χ3n) is 7.32. The van der Waals surface area contributed by atoms with E-state index < -0.39 is 30.4 Å². The summed E-state index contributed by atoms with van der Waals surface area (Å²) in [5.74, 6) is -1.24. The van der Waals surface area contributed by atoms with Gasteiger partial charge in [-0.25, -0.2) is 4.39 Å². The van der Waals surface area contributed by atoms with Gasteiger partial charge in [0.15, 0.2) is 0 Å². The monoisotopic (exact) mass is 491 g/mol. The molecule has 2 unspecified atom stereocenters. The molecular weight excluding hydrogens is 452 g/mol. The molecule has 3 atom stereocenters. The van der Waals surface area contributed by atoms with Gasteiger partial charge in [0, 0.05) is 20.3 Å². The molecule has 2 saturated heterocycles. The second-order valence-corrected chi connectivity index (χ2v) is 10.5. The van der Waals surface area contributed by atoms with Crippen molar-refractivity contribution in [2.75, 3.05) is 20.3 Å². The Kier molecular flexibility index (Phi) is 8.96. The molecule has 194 valence electrons. The van der Waals surface area contributed by atoms with Gasteiger partial charge >= 0.3 is 7.12 Å². The lowest BCUT2D eigenvalue weighted by molar-refractivity contribution is -0.139. The molecule has 2 heterocycles. The molecule has 0 radical (unpaired) electrons. The highest BCUT2D eigenvalue weighted by atomic mass is 19.1. The van der Waals surface area contributed by atoms with Crippen LogP contribution in [0.3, 0.4) is 0 Å². The van der Waals surface area contributed by atoms with Crippen molar-refractivity contribution in [3.8, 4) is 0 Å². The zero-order chi connectivity index (χ0) is 25.8. The van der Waals surface area contributed by atoms with E-state index in [1.807, 2.05) is 27.7 Å². The molecule has 2 aliphatic rings. The molecule has 2 amide bonds. The SMILES string of the molecule is COCCCC(NC(=O)C1CCCN1C(=O)[C@H](N)Cc1ccc(F)cc1)B1OC(C)(C)C(C)(C)O1. The predicted molar refractivity (Wildman–Crippen MR) is 132 cm³/mol. The van der Waals surface area contributed by atoms with Crippen molar-refractivity contribution in [2.45, 2.75) is 89.0 Å². The molecule has 3 N–H and O–H groups in total. The van der Waals surface area contributed by atoms with Gasteiger partial charge in [-0.1, -0.05) is 12.1 Å². The lowest BCUT2D eigenvalue weighted by atomic mass is 9.75. The topological polar surface area (TPSA) is 103 Å². The summed E-state index contributed by atoms with van der Waals surface area (Å²) in [7, 11) is 1.03. The number of likely N-dealkylation sites (tertiary alicyclic amines) is 1. The fraction of sp³-hybridized carbons (Fsp3) is 0.680. The van der Waals surface area contributed by atoms with Crippen LogP contribution < -0.4 is 11.1 Å². The largest absolute Gasteiger partial charge is 0.481 e. The number of benzene rings is 1. The molecule has 2 fully saturated rings. The Morgan fingerprint density at radius 3 is 2.46 bits per heavy atom. The molecule has 8 nitrogen and oxygen atoms in total. The van der Waals surface area contributed by atoms with Crippen LogP contribution in [0.15, 0.2) is 24.3 Å². The van der Waals surface area contributed by atoms with E-state index in [1.165, 1.54) is 12.1 Å². The Labute approximate surface area is 208 Å².